The van der Waals surface area contributed by atoms with Gasteiger partial charge in [0.25, 0.3) is 0 Å². The van der Waals surface area contributed by atoms with Crippen LogP contribution in [-0.4, -0.2) is 0 Å². The van der Waals surface area contributed by atoms with Gasteiger partial charge in [-0.3, -0.25) is 0 Å². The predicted molar refractivity (Wildman–Crippen MR) is 66.2 cm³/mol. The molecule has 0 amide bonds. The molecule has 0 atom stereocenters. The number of terminal acetylenes is 1. The number of rotatable bonds is 2. The molecule has 0 bridgehead atoms. The van der Waals surface area contributed by atoms with Crippen molar-refractivity contribution < 1.29 is 0 Å². The van der Waals surface area contributed by atoms with Gasteiger partial charge in [0.05, 0.1) is 4.88 Å². The van der Waals surface area contributed by atoms with E-state index < -0.39 is 0 Å². The minimum Gasteiger partial charge on any atom is -0.135 e. The van der Waals surface area contributed by atoms with Crippen LogP contribution in [0.25, 0.3) is 0 Å². The van der Waals surface area contributed by atoms with Crippen LogP contribution in [-0.2, 0) is 6.42 Å². The Hall–Kier alpha value is -1.52. The molecule has 0 nitrogen and oxygen atoms in total. The fourth-order valence-electron chi connectivity index (χ4n) is 1.60. The van der Waals surface area contributed by atoms with Crippen molar-refractivity contribution in [3.63, 3.8) is 0 Å². The summed E-state index contributed by atoms with van der Waals surface area (Å²) in [4.78, 5) is 1.01. The first-order chi connectivity index (χ1) is 7.28. The molecular formula is C14H12S. The highest BCUT2D eigenvalue weighted by Crippen LogP contribution is 2.17. The van der Waals surface area contributed by atoms with Crippen LogP contribution in [0, 0.1) is 19.3 Å². The van der Waals surface area contributed by atoms with Gasteiger partial charge in [0.15, 0.2) is 0 Å². The molecule has 0 aliphatic rings. The van der Waals surface area contributed by atoms with Crippen LogP contribution in [0.4, 0.5) is 0 Å². The number of aryl methyl sites for hydroxylation is 1. The Bertz CT molecular complexity index is 500. The molecule has 74 valence electrons. The molecule has 0 saturated heterocycles. The van der Waals surface area contributed by atoms with E-state index in [-0.39, 0.29) is 0 Å². The van der Waals surface area contributed by atoms with E-state index in [1.165, 1.54) is 16.7 Å². The van der Waals surface area contributed by atoms with E-state index in [2.05, 4.69) is 48.6 Å². The van der Waals surface area contributed by atoms with Crippen molar-refractivity contribution in [1.29, 1.82) is 0 Å². The van der Waals surface area contributed by atoms with Gasteiger partial charge in [-0.1, -0.05) is 35.7 Å². The largest absolute Gasteiger partial charge is 0.135 e. The van der Waals surface area contributed by atoms with Gasteiger partial charge in [-0.2, -0.15) is 0 Å². The van der Waals surface area contributed by atoms with Crippen LogP contribution in [0.15, 0.2) is 35.7 Å². The minimum atomic E-state index is 0.972. The summed E-state index contributed by atoms with van der Waals surface area (Å²) in [5.74, 6) is 2.66. The summed E-state index contributed by atoms with van der Waals surface area (Å²) in [6.45, 7) is 2.12. The average Bonchev–Trinajstić information content (AvgIpc) is 2.65. The molecule has 0 aliphatic carbocycles. The summed E-state index contributed by atoms with van der Waals surface area (Å²) >= 11 is 1.64. The maximum atomic E-state index is 5.34. The van der Waals surface area contributed by atoms with Crippen LogP contribution in [0.3, 0.4) is 0 Å². The maximum Gasteiger partial charge on any atom is 0.0768 e. The van der Waals surface area contributed by atoms with Crippen molar-refractivity contribution in [2.24, 2.45) is 0 Å². The van der Waals surface area contributed by atoms with Crippen LogP contribution in [0.1, 0.15) is 21.6 Å². The van der Waals surface area contributed by atoms with E-state index in [9.17, 15) is 0 Å². The first kappa shape index (κ1) is 10.0. The highest BCUT2D eigenvalue weighted by molar-refractivity contribution is 7.10. The minimum absolute atomic E-state index is 0.972. The standard InChI is InChI=1S/C14H12S/c1-3-14-9-13(10-15-14)8-12-6-4-5-11(2)7-12/h1,4-7,9-10H,8H2,2H3. The predicted octanol–water partition coefficient (Wildman–Crippen LogP) is 3.63. The van der Waals surface area contributed by atoms with Crippen LogP contribution in [0.5, 0.6) is 0 Å². The number of thiophene rings is 1. The molecule has 0 N–H and O–H groups in total. The summed E-state index contributed by atoms with van der Waals surface area (Å²) in [5.41, 5.74) is 3.95. The second-order valence-corrected chi connectivity index (χ2v) is 4.54. The van der Waals surface area contributed by atoms with E-state index >= 15 is 0 Å². The molecule has 1 heterocycles. The fourth-order valence-corrected chi connectivity index (χ4v) is 2.32. The van der Waals surface area contributed by atoms with Crippen LogP contribution in [0.2, 0.25) is 0 Å². The topological polar surface area (TPSA) is 0 Å². The molecule has 1 heteroatoms. The monoisotopic (exact) mass is 212 g/mol. The lowest BCUT2D eigenvalue weighted by Crippen LogP contribution is -1.85. The Labute approximate surface area is 94.6 Å². The first-order valence-corrected chi connectivity index (χ1v) is 5.75. The molecular weight excluding hydrogens is 200 g/mol. The molecule has 2 rings (SSSR count). The second-order valence-electron chi connectivity index (χ2n) is 3.63. The molecule has 0 aliphatic heterocycles. The van der Waals surface area contributed by atoms with Gasteiger partial charge in [-0.05, 0) is 35.9 Å². The van der Waals surface area contributed by atoms with Gasteiger partial charge in [-0.15, -0.1) is 17.8 Å². The lowest BCUT2D eigenvalue weighted by molar-refractivity contribution is 1.20. The third-order valence-corrected chi connectivity index (χ3v) is 3.20. The normalized spacial score (nSPS) is 9.87. The zero-order valence-electron chi connectivity index (χ0n) is 8.66. The summed E-state index contributed by atoms with van der Waals surface area (Å²) in [6.07, 6.45) is 6.31. The summed E-state index contributed by atoms with van der Waals surface area (Å²) in [7, 11) is 0. The van der Waals surface area contributed by atoms with E-state index in [0.29, 0.717) is 0 Å². The molecule has 0 fully saturated rings. The van der Waals surface area contributed by atoms with Crippen LogP contribution >= 0.6 is 11.3 Å². The van der Waals surface area contributed by atoms with E-state index in [4.69, 9.17) is 6.42 Å². The molecule has 1 aromatic heterocycles. The molecule has 0 saturated carbocycles. The van der Waals surface area contributed by atoms with Gasteiger partial charge in [0.2, 0.25) is 0 Å². The number of hydrogen-bond acceptors (Lipinski definition) is 1. The Balaban J connectivity index is 2.19. The van der Waals surface area contributed by atoms with Gasteiger partial charge in [0, 0.05) is 0 Å². The Kier molecular flexibility index (Phi) is 2.89. The van der Waals surface area contributed by atoms with E-state index in [1.807, 2.05) is 0 Å². The quantitative estimate of drug-likeness (QED) is 0.667. The van der Waals surface area contributed by atoms with Crippen molar-refractivity contribution in [2.45, 2.75) is 13.3 Å². The van der Waals surface area contributed by atoms with Crippen molar-refractivity contribution in [2.75, 3.05) is 0 Å². The van der Waals surface area contributed by atoms with Gasteiger partial charge >= 0.3 is 0 Å². The fraction of sp³-hybridized carbons (Fsp3) is 0.143. The van der Waals surface area contributed by atoms with E-state index in [0.717, 1.165) is 11.3 Å². The van der Waals surface area contributed by atoms with Crippen molar-refractivity contribution in [3.8, 4) is 12.3 Å². The lowest BCUT2D eigenvalue weighted by Gasteiger charge is -1.99. The SMILES string of the molecule is C#Cc1cc(Cc2cccc(C)c2)cs1. The van der Waals surface area contributed by atoms with Gasteiger partial charge in [0.1, 0.15) is 0 Å². The Morgan fingerprint density at radius 2 is 2.13 bits per heavy atom. The molecule has 2 aromatic rings. The van der Waals surface area contributed by atoms with Crippen molar-refractivity contribution >= 4 is 11.3 Å². The molecule has 15 heavy (non-hydrogen) atoms. The van der Waals surface area contributed by atoms with Gasteiger partial charge < -0.3 is 0 Å². The van der Waals surface area contributed by atoms with Gasteiger partial charge in [-0.25, -0.2) is 0 Å². The van der Waals surface area contributed by atoms with Crippen molar-refractivity contribution in [3.05, 3.63) is 57.3 Å². The summed E-state index contributed by atoms with van der Waals surface area (Å²) in [5, 5.41) is 2.14. The zero-order chi connectivity index (χ0) is 10.7. The molecule has 0 radical (unpaired) electrons. The third kappa shape index (κ3) is 2.49. The number of benzene rings is 1. The maximum absolute atomic E-state index is 5.34. The highest BCUT2D eigenvalue weighted by atomic mass is 32.1. The zero-order valence-corrected chi connectivity index (χ0v) is 9.47. The molecule has 1 aromatic carbocycles. The summed E-state index contributed by atoms with van der Waals surface area (Å²) in [6, 6.07) is 10.7. The third-order valence-electron chi connectivity index (χ3n) is 2.29. The first-order valence-electron chi connectivity index (χ1n) is 4.87. The Morgan fingerprint density at radius 1 is 1.27 bits per heavy atom. The second kappa shape index (κ2) is 4.33. The van der Waals surface area contributed by atoms with Crippen molar-refractivity contribution in [1.82, 2.24) is 0 Å². The average molecular weight is 212 g/mol. The van der Waals surface area contributed by atoms with E-state index in [1.54, 1.807) is 11.3 Å². The summed E-state index contributed by atoms with van der Waals surface area (Å²) < 4.78 is 0. The highest BCUT2D eigenvalue weighted by Gasteiger charge is 1.99. The smallest absolute Gasteiger partial charge is 0.0768 e. The lowest BCUT2D eigenvalue weighted by atomic mass is 10.1. The number of hydrogen-bond donors (Lipinski definition) is 0. The molecule has 0 unspecified atom stereocenters. The molecule has 0 spiro atoms. The Morgan fingerprint density at radius 3 is 2.80 bits per heavy atom. The van der Waals surface area contributed by atoms with Crippen LogP contribution < -0.4 is 0 Å².